The van der Waals surface area contributed by atoms with Crippen LogP contribution in [0, 0.1) is 5.41 Å². The number of unbranched alkanes of at least 4 members (excludes halogenated alkanes) is 27. The largest absolute Gasteiger partial charge is 0.481 e. The van der Waals surface area contributed by atoms with E-state index in [4.69, 9.17) is 4.74 Å². The van der Waals surface area contributed by atoms with Crippen LogP contribution in [0.25, 0.3) is 0 Å². The molecule has 3 N–H and O–H groups in total. The van der Waals surface area contributed by atoms with Gasteiger partial charge >= 0.3 is 17.9 Å². The maximum atomic E-state index is 13.4. The Kier molecular flexibility index (Phi) is 31.2. The Morgan fingerprint density at radius 3 is 0.898 bits per heavy atom. The smallest absolute Gasteiger partial charge is 0.337 e. The van der Waals surface area contributed by atoms with Crippen molar-refractivity contribution in [3.63, 3.8) is 0 Å². The molecule has 0 fully saturated rings. The van der Waals surface area contributed by atoms with Crippen molar-refractivity contribution in [3.8, 4) is 0 Å². The summed E-state index contributed by atoms with van der Waals surface area (Å²) in [6, 6.07) is 0. The van der Waals surface area contributed by atoms with Crippen LogP contribution in [0.5, 0.6) is 0 Å². The summed E-state index contributed by atoms with van der Waals surface area (Å²) in [4.78, 5) is 38.4. The first-order valence-corrected chi connectivity index (χ1v) is 21.1. The van der Waals surface area contributed by atoms with Gasteiger partial charge in [0, 0.05) is 0 Å². The molecule has 0 amide bonds. The molecule has 0 radical (unpaired) electrons. The molecule has 290 valence electrons. The van der Waals surface area contributed by atoms with Crippen LogP contribution in [0.15, 0.2) is 0 Å². The minimum absolute atomic E-state index is 0.0218. The lowest BCUT2D eigenvalue weighted by atomic mass is 9.63. The van der Waals surface area contributed by atoms with Crippen LogP contribution in [-0.2, 0) is 19.1 Å². The second-order valence-electron chi connectivity index (χ2n) is 15.0. The molecule has 0 aromatic rings. The van der Waals surface area contributed by atoms with E-state index in [2.05, 4.69) is 20.8 Å². The Balaban J connectivity index is 5.64. The van der Waals surface area contributed by atoms with Crippen molar-refractivity contribution in [2.24, 2.45) is 5.41 Å². The first kappa shape index (κ1) is 47.4. The van der Waals surface area contributed by atoms with Gasteiger partial charge in [-0.2, -0.15) is 0 Å². The highest BCUT2D eigenvalue weighted by Gasteiger charge is 2.61. The number of rotatable bonds is 39. The number of carboxylic acid groups (broad SMARTS) is 3. The van der Waals surface area contributed by atoms with E-state index in [-0.39, 0.29) is 19.3 Å². The summed E-state index contributed by atoms with van der Waals surface area (Å²) < 4.78 is 5.87. The lowest BCUT2D eigenvalue weighted by Crippen LogP contribution is -2.60. The molecule has 1 atom stereocenters. The van der Waals surface area contributed by atoms with Gasteiger partial charge in [-0.1, -0.05) is 207 Å². The zero-order chi connectivity index (χ0) is 36.5. The van der Waals surface area contributed by atoms with Gasteiger partial charge < -0.3 is 20.1 Å². The molecule has 0 aliphatic heterocycles. The van der Waals surface area contributed by atoms with Gasteiger partial charge in [-0.25, -0.2) is 9.59 Å². The fraction of sp³-hybridized carbons (Fsp3) is 0.929. The van der Waals surface area contributed by atoms with Gasteiger partial charge in [-0.3, -0.25) is 4.79 Å². The predicted octanol–water partition coefficient (Wildman–Crippen LogP) is 12.9. The molecule has 0 saturated carbocycles. The fourth-order valence-corrected chi connectivity index (χ4v) is 7.61. The third-order valence-electron chi connectivity index (χ3n) is 10.8. The van der Waals surface area contributed by atoms with Gasteiger partial charge in [-0.05, 0) is 25.7 Å². The van der Waals surface area contributed by atoms with Crippen LogP contribution < -0.4 is 0 Å². The number of hydrogen-bond acceptors (Lipinski definition) is 4. The molecule has 0 bridgehead atoms. The van der Waals surface area contributed by atoms with Crippen LogP contribution in [0.3, 0.4) is 0 Å². The van der Waals surface area contributed by atoms with Crippen molar-refractivity contribution in [1.29, 1.82) is 0 Å². The average molecular weight is 697 g/mol. The highest BCUT2D eigenvalue weighted by molar-refractivity contribution is 5.89. The van der Waals surface area contributed by atoms with Gasteiger partial charge in [0.1, 0.15) is 12.0 Å². The summed E-state index contributed by atoms with van der Waals surface area (Å²) in [5.74, 6) is -3.75. The standard InChI is InChI=1S/C42H80O7/c1-4-7-10-13-16-19-22-25-28-31-34-41(39(45)46,35-32-29-26-23-20-17-14-11-8-5-2)42(40(47)48,49-37-38(43)44)36-33-30-27-24-21-18-15-12-9-6-3/h4-37H2,1-3H3,(H,43,44)(H,45,46)(H,47,48). The van der Waals surface area contributed by atoms with Crippen molar-refractivity contribution >= 4 is 17.9 Å². The van der Waals surface area contributed by atoms with Gasteiger partial charge in [0.25, 0.3) is 0 Å². The van der Waals surface area contributed by atoms with Crippen molar-refractivity contribution in [3.05, 3.63) is 0 Å². The molecule has 0 aliphatic carbocycles. The molecule has 7 nitrogen and oxygen atoms in total. The van der Waals surface area contributed by atoms with E-state index in [9.17, 15) is 29.7 Å². The number of hydrogen-bond donors (Lipinski definition) is 3. The second kappa shape index (κ2) is 32.3. The van der Waals surface area contributed by atoms with Crippen LogP contribution in [-0.4, -0.2) is 45.4 Å². The third kappa shape index (κ3) is 22.0. The number of carbonyl (C=O) groups is 3. The average Bonchev–Trinajstić information content (AvgIpc) is 3.07. The zero-order valence-electron chi connectivity index (χ0n) is 32.5. The maximum absolute atomic E-state index is 13.4. The summed E-state index contributed by atoms with van der Waals surface area (Å²) in [7, 11) is 0. The first-order valence-electron chi connectivity index (χ1n) is 21.1. The SMILES string of the molecule is CCCCCCCCCCCCC(CCCCCCCCCCCC)(C(=O)O)C(CCCCCCCCCCCC)(OCC(=O)O)C(=O)O. The Labute approximate surface area is 302 Å². The summed E-state index contributed by atoms with van der Waals surface area (Å²) in [6.07, 6.45) is 33.1. The normalized spacial score (nSPS) is 13.0. The molecule has 0 rings (SSSR count). The number of carboxylic acids is 3. The monoisotopic (exact) mass is 697 g/mol. The van der Waals surface area contributed by atoms with E-state index in [1.165, 1.54) is 109 Å². The van der Waals surface area contributed by atoms with Crippen molar-refractivity contribution in [2.75, 3.05) is 6.61 Å². The van der Waals surface area contributed by atoms with Crippen LogP contribution in [0.4, 0.5) is 0 Å². The highest BCUT2D eigenvalue weighted by Crippen LogP contribution is 2.48. The zero-order valence-corrected chi connectivity index (χ0v) is 32.5. The molecular weight excluding hydrogens is 616 g/mol. The van der Waals surface area contributed by atoms with Gasteiger partial charge in [-0.15, -0.1) is 0 Å². The van der Waals surface area contributed by atoms with E-state index in [1.807, 2.05) is 0 Å². The van der Waals surface area contributed by atoms with Gasteiger partial charge in [0.05, 0.1) is 0 Å². The molecule has 0 aromatic carbocycles. The summed E-state index contributed by atoms with van der Waals surface area (Å²) in [5.41, 5.74) is -3.75. The number of aliphatic carboxylic acids is 3. The Hall–Kier alpha value is -1.63. The molecule has 0 aliphatic rings. The van der Waals surface area contributed by atoms with E-state index in [1.54, 1.807) is 0 Å². The molecular formula is C42H80O7. The van der Waals surface area contributed by atoms with E-state index < -0.39 is 35.5 Å². The van der Waals surface area contributed by atoms with E-state index >= 15 is 0 Å². The molecule has 7 heteroatoms. The summed E-state index contributed by atoms with van der Waals surface area (Å²) in [6.45, 7) is 5.84. The van der Waals surface area contributed by atoms with Crippen LogP contribution in [0.1, 0.15) is 233 Å². The second-order valence-corrected chi connectivity index (χ2v) is 15.0. The quantitative estimate of drug-likeness (QED) is 0.0547. The highest BCUT2D eigenvalue weighted by atomic mass is 16.5. The summed E-state index contributed by atoms with van der Waals surface area (Å²) in [5, 5.41) is 31.3. The minimum Gasteiger partial charge on any atom is -0.481 e. The van der Waals surface area contributed by atoms with E-state index in [0.29, 0.717) is 19.3 Å². The van der Waals surface area contributed by atoms with Crippen LogP contribution >= 0.6 is 0 Å². The third-order valence-corrected chi connectivity index (χ3v) is 10.8. The minimum atomic E-state index is -2.07. The van der Waals surface area contributed by atoms with Crippen molar-refractivity contribution < 1.29 is 34.4 Å². The Bertz CT molecular complexity index is 774. The van der Waals surface area contributed by atoms with Crippen molar-refractivity contribution in [2.45, 2.75) is 238 Å². The fourth-order valence-electron chi connectivity index (χ4n) is 7.61. The Morgan fingerprint density at radius 2 is 0.653 bits per heavy atom. The van der Waals surface area contributed by atoms with Crippen molar-refractivity contribution in [1.82, 2.24) is 0 Å². The molecule has 0 saturated heterocycles. The molecule has 0 spiro atoms. The van der Waals surface area contributed by atoms with Crippen LogP contribution in [0.2, 0.25) is 0 Å². The molecule has 0 aromatic heterocycles. The predicted molar refractivity (Wildman–Crippen MR) is 203 cm³/mol. The molecule has 1 unspecified atom stereocenters. The lowest BCUT2D eigenvalue weighted by Gasteiger charge is -2.45. The van der Waals surface area contributed by atoms with E-state index in [0.717, 1.165) is 64.2 Å². The topological polar surface area (TPSA) is 121 Å². The lowest BCUT2D eigenvalue weighted by molar-refractivity contribution is -0.208. The number of ether oxygens (including phenoxy) is 1. The molecule has 49 heavy (non-hydrogen) atoms. The van der Waals surface area contributed by atoms with Gasteiger partial charge in [0.2, 0.25) is 0 Å². The first-order chi connectivity index (χ1) is 23.7. The Morgan fingerprint density at radius 1 is 0.388 bits per heavy atom. The molecule has 0 heterocycles. The van der Waals surface area contributed by atoms with Gasteiger partial charge in [0.15, 0.2) is 5.60 Å². The maximum Gasteiger partial charge on any atom is 0.337 e. The summed E-state index contributed by atoms with van der Waals surface area (Å²) >= 11 is 0.